The topological polar surface area (TPSA) is 81.1 Å². The number of nitrogens with two attached hydrogens (primary N) is 2. The minimum absolute atomic E-state index is 0.271. The van der Waals surface area contributed by atoms with Crippen molar-refractivity contribution in [1.82, 2.24) is 0 Å². The molecule has 7 heteroatoms. The van der Waals surface area contributed by atoms with Crippen LogP contribution in [-0.4, -0.2) is 5.91 Å². The van der Waals surface area contributed by atoms with Gasteiger partial charge in [-0.05, 0) is 23.8 Å². The molecule has 0 aliphatic rings. The summed E-state index contributed by atoms with van der Waals surface area (Å²) in [6, 6.07) is 5.21. The smallest absolute Gasteiger partial charge is 0.260 e. The zero-order valence-electron chi connectivity index (χ0n) is 9.74. The molecule has 4 nitrogen and oxygen atoms in total. The van der Waals surface area contributed by atoms with Crippen molar-refractivity contribution in [3.8, 4) is 0 Å². The lowest BCUT2D eigenvalue weighted by Gasteiger charge is -2.04. The van der Waals surface area contributed by atoms with Crippen LogP contribution in [0.3, 0.4) is 0 Å². The predicted octanol–water partition coefficient (Wildman–Crippen LogP) is 2.32. The van der Waals surface area contributed by atoms with E-state index in [1.807, 2.05) is 0 Å². The van der Waals surface area contributed by atoms with Crippen molar-refractivity contribution in [2.75, 3.05) is 11.1 Å². The van der Waals surface area contributed by atoms with Gasteiger partial charge in [0.25, 0.3) is 5.91 Å². The molecule has 0 saturated carbocycles. The monoisotopic (exact) mass is 283 g/mol. The highest BCUT2D eigenvalue weighted by Crippen LogP contribution is 2.29. The van der Waals surface area contributed by atoms with Crippen LogP contribution in [0.2, 0.25) is 0 Å². The summed E-state index contributed by atoms with van der Waals surface area (Å²) in [7, 11) is 0. The quantitative estimate of drug-likeness (QED) is 0.805. The second-order valence-electron chi connectivity index (χ2n) is 3.86. The van der Waals surface area contributed by atoms with Gasteiger partial charge in [-0.3, -0.25) is 4.79 Å². The van der Waals surface area contributed by atoms with E-state index in [9.17, 15) is 13.6 Å². The summed E-state index contributed by atoms with van der Waals surface area (Å²) < 4.78 is 25.7. The number of thiophene rings is 1. The van der Waals surface area contributed by atoms with E-state index in [1.165, 1.54) is 6.07 Å². The van der Waals surface area contributed by atoms with Crippen LogP contribution in [0.1, 0.15) is 15.2 Å². The predicted molar refractivity (Wildman–Crippen MR) is 70.9 cm³/mol. The van der Waals surface area contributed by atoms with Crippen molar-refractivity contribution >= 4 is 27.9 Å². The number of carbonyl (C=O) groups is 1. The van der Waals surface area contributed by atoms with Crippen LogP contribution < -0.4 is 16.8 Å². The van der Waals surface area contributed by atoms with Crippen molar-refractivity contribution in [3.63, 3.8) is 0 Å². The summed E-state index contributed by atoms with van der Waals surface area (Å²) in [6.07, 6.45) is 0. The third-order valence-corrected chi connectivity index (χ3v) is 3.56. The normalized spacial score (nSPS) is 10.4. The van der Waals surface area contributed by atoms with Crippen LogP contribution in [0.25, 0.3) is 0 Å². The minimum Gasteiger partial charge on any atom is -0.397 e. The number of rotatable bonds is 4. The fourth-order valence-corrected chi connectivity index (χ4v) is 2.35. The molecular weight excluding hydrogens is 272 g/mol. The van der Waals surface area contributed by atoms with E-state index >= 15 is 0 Å². The fraction of sp³-hybridized carbons (Fsp3) is 0.0833. The number of anilines is 2. The van der Waals surface area contributed by atoms with Gasteiger partial charge in [-0.25, -0.2) is 8.78 Å². The van der Waals surface area contributed by atoms with Crippen molar-refractivity contribution in [1.29, 1.82) is 0 Å². The van der Waals surface area contributed by atoms with E-state index in [0.29, 0.717) is 16.3 Å². The van der Waals surface area contributed by atoms with Gasteiger partial charge in [-0.2, -0.15) is 0 Å². The Morgan fingerprint density at radius 1 is 1.26 bits per heavy atom. The molecule has 2 rings (SSSR count). The SMILES string of the molecule is NC(=O)c1sc(NCc2ccc(F)c(F)c2)cc1N. The zero-order chi connectivity index (χ0) is 14.0. The second kappa shape index (κ2) is 5.23. The Morgan fingerprint density at radius 3 is 2.58 bits per heavy atom. The molecule has 1 amide bonds. The van der Waals surface area contributed by atoms with Gasteiger partial charge in [0.05, 0.1) is 10.7 Å². The summed E-state index contributed by atoms with van der Waals surface area (Å²) in [5.41, 5.74) is 11.6. The molecule has 2 aromatic rings. The first-order valence-electron chi connectivity index (χ1n) is 5.34. The van der Waals surface area contributed by atoms with E-state index in [4.69, 9.17) is 11.5 Å². The summed E-state index contributed by atoms with van der Waals surface area (Å²) in [5, 5.41) is 3.60. The maximum atomic E-state index is 13.0. The van der Waals surface area contributed by atoms with Gasteiger partial charge in [0.2, 0.25) is 0 Å². The van der Waals surface area contributed by atoms with Crippen LogP contribution in [0.15, 0.2) is 24.3 Å². The third kappa shape index (κ3) is 3.00. The van der Waals surface area contributed by atoms with Crippen molar-refractivity contribution in [2.45, 2.75) is 6.54 Å². The highest BCUT2D eigenvalue weighted by molar-refractivity contribution is 7.18. The summed E-state index contributed by atoms with van der Waals surface area (Å²) in [4.78, 5) is 11.3. The minimum atomic E-state index is -0.900. The molecule has 100 valence electrons. The Kier molecular flexibility index (Phi) is 3.66. The molecule has 0 unspecified atom stereocenters. The number of nitrogens with one attached hydrogen (secondary N) is 1. The number of halogens is 2. The first kappa shape index (κ1) is 13.3. The van der Waals surface area contributed by atoms with Gasteiger partial charge >= 0.3 is 0 Å². The van der Waals surface area contributed by atoms with E-state index < -0.39 is 17.5 Å². The lowest BCUT2D eigenvalue weighted by molar-refractivity contribution is 0.100. The third-order valence-electron chi connectivity index (χ3n) is 2.44. The Hall–Kier alpha value is -2.15. The molecule has 1 aromatic heterocycles. The summed E-state index contributed by atoms with van der Waals surface area (Å²) in [6.45, 7) is 0.287. The summed E-state index contributed by atoms with van der Waals surface area (Å²) in [5.74, 6) is -2.38. The molecule has 0 fully saturated rings. The van der Waals surface area contributed by atoms with Crippen molar-refractivity contribution in [2.24, 2.45) is 5.73 Å². The van der Waals surface area contributed by atoms with E-state index in [-0.39, 0.29) is 11.4 Å². The molecule has 0 radical (unpaired) electrons. The average molecular weight is 283 g/mol. The number of amides is 1. The van der Waals surface area contributed by atoms with Gasteiger partial charge in [0.1, 0.15) is 4.88 Å². The molecule has 0 atom stereocenters. The molecule has 5 N–H and O–H groups in total. The van der Waals surface area contributed by atoms with E-state index in [2.05, 4.69) is 5.32 Å². The van der Waals surface area contributed by atoms with Crippen molar-refractivity contribution in [3.05, 3.63) is 46.3 Å². The van der Waals surface area contributed by atoms with Gasteiger partial charge in [-0.1, -0.05) is 6.07 Å². The average Bonchev–Trinajstić information content (AvgIpc) is 2.72. The molecule has 0 aliphatic heterocycles. The van der Waals surface area contributed by atoms with E-state index in [0.717, 1.165) is 23.5 Å². The lowest BCUT2D eigenvalue weighted by Crippen LogP contribution is -2.10. The van der Waals surface area contributed by atoms with E-state index in [1.54, 1.807) is 6.07 Å². The van der Waals surface area contributed by atoms with Crippen molar-refractivity contribution < 1.29 is 13.6 Å². The highest BCUT2D eigenvalue weighted by atomic mass is 32.1. The molecule has 0 aliphatic carbocycles. The number of carbonyl (C=O) groups excluding carboxylic acids is 1. The number of hydrogen-bond donors (Lipinski definition) is 3. The Labute approximate surface area is 112 Å². The molecule has 19 heavy (non-hydrogen) atoms. The second-order valence-corrected chi connectivity index (χ2v) is 4.91. The Morgan fingerprint density at radius 2 is 2.00 bits per heavy atom. The Balaban J connectivity index is 2.08. The molecule has 0 saturated heterocycles. The van der Waals surface area contributed by atoms with Crippen LogP contribution >= 0.6 is 11.3 Å². The molecular formula is C12H11F2N3OS. The van der Waals surface area contributed by atoms with Crippen LogP contribution in [0, 0.1) is 11.6 Å². The van der Waals surface area contributed by atoms with Gasteiger partial charge < -0.3 is 16.8 Å². The highest BCUT2D eigenvalue weighted by Gasteiger charge is 2.11. The first-order chi connectivity index (χ1) is 8.97. The maximum Gasteiger partial charge on any atom is 0.260 e. The number of primary amides is 1. The number of benzene rings is 1. The van der Waals surface area contributed by atoms with Crippen LogP contribution in [0.5, 0.6) is 0 Å². The largest absolute Gasteiger partial charge is 0.397 e. The molecule has 0 spiro atoms. The molecule has 1 aromatic carbocycles. The zero-order valence-corrected chi connectivity index (χ0v) is 10.6. The number of nitrogen functional groups attached to an aromatic ring is 1. The van der Waals surface area contributed by atoms with Gasteiger partial charge in [-0.15, -0.1) is 11.3 Å². The number of hydrogen-bond acceptors (Lipinski definition) is 4. The van der Waals surface area contributed by atoms with Crippen LogP contribution in [-0.2, 0) is 6.54 Å². The van der Waals surface area contributed by atoms with Crippen LogP contribution in [0.4, 0.5) is 19.5 Å². The van der Waals surface area contributed by atoms with Gasteiger partial charge in [0, 0.05) is 6.54 Å². The molecule has 1 heterocycles. The summed E-state index contributed by atoms with van der Waals surface area (Å²) >= 11 is 1.12. The fourth-order valence-electron chi connectivity index (χ4n) is 1.52. The maximum absolute atomic E-state index is 13.0. The standard InChI is InChI=1S/C12H11F2N3OS/c13-7-2-1-6(3-8(7)14)5-17-10-4-9(15)11(19-10)12(16)18/h1-4,17H,5,15H2,(H2,16,18). The Bertz CT molecular complexity index is 627. The molecule has 0 bridgehead atoms. The first-order valence-corrected chi connectivity index (χ1v) is 6.16. The lowest BCUT2D eigenvalue weighted by atomic mass is 10.2. The van der Waals surface area contributed by atoms with Gasteiger partial charge in [0.15, 0.2) is 11.6 Å².